The third kappa shape index (κ3) is 9.15. The Morgan fingerprint density at radius 2 is 1.30 bits per heavy atom. The second-order valence-electron chi connectivity index (χ2n) is 15.0. The van der Waals surface area contributed by atoms with Crippen LogP contribution < -0.4 is 50.4 Å². The van der Waals surface area contributed by atoms with Gasteiger partial charge in [-0.2, -0.15) is 25.6 Å². The number of anilines is 6. The zero-order valence-electron chi connectivity index (χ0n) is 34.0. The summed E-state index contributed by atoms with van der Waals surface area (Å²) < 4.78 is 55.7. The lowest BCUT2D eigenvalue weighted by Crippen LogP contribution is -2.41. The highest BCUT2D eigenvalue weighted by atomic mass is 19.4. The third-order valence-corrected chi connectivity index (χ3v) is 11.0. The first-order chi connectivity index (χ1) is 30.4. The average Bonchev–Trinajstić information content (AvgIpc) is 3.26. The molecule has 0 atom stereocenters. The first kappa shape index (κ1) is 42.0. The Bertz CT molecular complexity index is 2840. The summed E-state index contributed by atoms with van der Waals surface area (Å²) in [6.07, 6.45) is 2.08. The maximum absolute atomic E-state index is 14.1. The molecule has 0 radical (unpaired) electrons. The van der Waals surface area contributed by atoms with E-state index in [2.05, 4.69) is 47.8 Å². The quantitative estimate of drug-likeness (QED) is 0.114. The summed E-state index contributed by atoms with van der Waals surface area (Å²) in [6, 6.07) is 12.8. The van der Waals surface area contributed by atoms with Crippen molar-refractivity contribution in [3.63, 3.8) is 0 Å². The number of ether oxygens (including phenoxy) is 3. The molecular weight excluding hydrogens is 826 g/mol. The van der Waals surface area contributed by atoms with Crippen LogP contribution in [0.1, 0.15) is 38.5 Å². The van der Waals surface area contributed by atoms with E-state index in [4.69, 9.17) is 24.4 Å². The van der Waals surface area contributed by atoms with Crippen LogP contribution in [0, 0.1) is 34.5 Å². The fraction of sp³-hybridized carbons (Fsp3) is 0.366. The summed E-state index contributed by atoms with van der Waals surface area (Å²) in [5.74, 6) is 1.53. The summed E-state index contributed by atoms with van der Waals surface area (Å²) in [5.41, 5.74) is 0.414. The molecule has 2 aliphatic rings. The molecule has 6 heterocycles. The number of methoxy groups -OCH3 is 2. The highest BCUT2D eigenvalue weighted by Gasteiger charge is 2.32. The molecule has 22 heteroatoms. The molecule has 0 spiro atoms. The number of benzene rings is 2. The molecule has 2 aromatic carbocycles. The van der Waals surface area contributed by atoms with Gasteiger partial charge in [0, 0.05) is 62.5 Å². The standard InChI is InChI=1S/C41H39F3N14O5/c1-61-30-19-26(49-35-32-28(21-47-54-37(32)59)50-39(52-35)56-15-9-23(7-13-45)10-16-56)20-31(62-2)34(30)58-22-29-33(38(60)55-58)36(48-25-3-5-27(6-4-25)63-41(42,43)44)53-40(51-29)57-17-11-24(8-14-46)12-18-57/h3-6,19-24H,7-12,15-18H2,1-2H3,(H3-,48,49,50,51,52,53,54,55,59,60)/p+1. The van der Waals surface area contributed by atoms with Gasteiger partial charge >= 0.3 is 17.6 Å². The molecule has 0 unspecified atom stereocenters. The largest absolute Gasteiger partial charge is 0.573 e. The number of nitrogens with one attached hydrogen (secondary N) is 4. The van der Waals surface area contributed by atoms with Gasteiger partial charge in [0.2, 0.25) is 18.1 Å². The van der Waals surface area contributed by atoms with E-state index < -0.39 is 23.2 Å². The molecule has 324 valence electrons. The van der Waals surface area contributed by atoms with Crippen molar-refractivity contribution in [2.75, 3.05) is 60.8 Å². The molecule has 4 aromatic heterocycles. The SMILES string of the molecule is COc1cc(Nc2nc(N3CCC(CC#N)CC3)nc3cn[nH]c(=O)c23)cc(OC)c1-[n+]1cc2nc(N3CCC(CC#N)CC3)nc(Nc3ccc(OC(F)(F)F)cc3)c2c(=O)[nH]1. The van der Waals surface area contributed by atoms with Crippen LogP contribution in [0.3, 0.4) is 0 Å². The van der Waals surface area contributed by atoms with E-state index in [0.29, 0.717) is 67.8 Å². The summed E-state index contributed by atoms with van der Waals surface area (Å²) >= 11 is 0. The fourth-order valence-electron chi connectivity index (χ4n) is 7.83. The molecule has 6 aromatic rings. The zero-order valence-corrected chi connectivity index (χ0v) is 34.0. The second kappa shape index (κ2) is 17.7. The summed E-state index contributed by atoms with van der Waals surface area (Å²) in [4.78, 5) is 50.2. The lowest BCUT2D eigenvalue weighted by molar-refractivity contribution is -0.660. The predicted octanol–water partition coefficient (Wildman–Crippen LogP) is 5.28. The number of hydrogen-bond donors (Lipinski definition) is 4. The van der Waals surface area contributed by atoms with Crippen molar-refractivity contribution in [2.45, 2.75) is 44.9 Å². The molecule has 0 amide bonds. The molecule has 0 saturated carbocycles. The Morgan fingerprint density at radius 3 is 1.83 bits per heavy atom. The van der Waals surface area contributed by atoms with Gasteiger partial charge in [-0.05, 0) is 61.8 Å². The van der Waals surface area contributed by atoms with Crippen molar-refractivity contribution < 1.29 is 32.1 Å². The summed E-state index contributed by atoms with van der Waals surface area (Å²) in [7, 11) is 2.88. The highest BCUT2D eigenvalue weighted by Crippen LogP contribution is 2.36. The molecular formula is C41H40F3N14O5+. The van der Waals surface area contributed by atoms with Crippen molar-refractivity contribution in [1.29, 1.82) is 10.5 Å². The van der Waals surface area contributed by atoms with Crippen molar-refractivity contribution in [3.05, 3.63) is 69.5 Å². The number of aromatic amines is 2. The van der Waals surface area contributed by atoms with E-state index in [1.165, 1.54) is 37.2 Å². The van der Waals surface area contributed by atoms with E-state index in [1.807, 2.05) is 9.80 Å². The number of piperidine rings is 2. The van der Waals surface area contributed by atoms with Crippen LogP contribution in [0.4, 0.5) is 48.1 Å². The van der Waals surface area contributed by atoms with Gasteiger partial charge in [-0.3, -0.25) is 9.59 Å². The number of fused-ring (bicyclic) bond motifs is 2. The number of alkyl halides is 3. The van der Waals surface area contributed by atoms with E-state index in [0.717, 1.165) is 37.8 Å². The molecule has 0 aliphatic carbocycles. The van der Waals surface area contributed by atoms with Crippen molar-refractivity contribution in [3.8, 4) is 35.1 Å². The van der Waals surface area contributed by atoms with Crippen LogP contribution in [-0.4, -0.2) is 82.0 Å². The van der Waals surface area contributed by atoms with Gasteiger partial charge in [-0.1, -0.05) is 4.68 Å². The lowest BCUT2D eigenvalue weighted by atomic mass is 9.94. The topological polar surface area (TPSA) is 240 Å². The van der Waals surface area contributed by atoms with E-state index >= 15 is 0 Å². The van der Waals surface area contributed by atoms with Crippen molar-refractivity contribution >= 4 is 56.7 Å². The molecule has 8 rings (SSSR count). The van der Waals surface area contributed by atoms with E-state index in [9.17, 15) is 33.3 Å². The molecule has 4 N–H and O–H groups in total. The Morgan fingerprint density at radius 1 is 0.778 bits per heavy atom. The molecule has 0 bridgehead atoms. The number of H-pyrrole nitrogens is 2. The Kier molecular flexibility index (Phi) is 11.8. The van der Waals surface area contributed by atoms with Gasteiger partial charge in [-0.25, -0.2) is 15.1 Å². The van der Waals surface area contributed by atoms with Gasteiger partial charge < -0.3 is 34.6 Å². The number of nitriles is 2. The van der Waals surface area contributed by atoms with Crippen LogP contribution in [0.5, 0.6) is 17.2 Å². The van der Waals surface area contributed by atoms with Crippen LogP contribution in [-0.2, 0) is 0 Å². The van der Waals surface area contributed by atoms with Gasteiger partial charge in [0.15, 0.2) is 17.0 Å². The van der Waals surface area contributed by atoms with Crippen molar-refractivity contribution in [1.82, 2.24) is 35.2 Å². The number of aromatic nitrogens is 8. The summed E-state index contributed by atoms with van der Waals surface area (Å²) in [5, 5.41) is 34.2. The maximum atomic E-state index is 14.1. The Labute approximate surface area is 356 Å². The molecule has 19 nitrogen and oxygen atoms in total. The second-order valence-corrected chi connectivity index (χ2v) is 15.0. The van der Waals surface area contributed by atoms with Gasteiger partial charge in [0.25, 0.3) is 5.56 Å². The van der Waals surface area contributed by atoms with E-state index in [1.54, 1.807) is 18.3 Å². The van der Waals surface area contributed by atoms with E-state index in [-0.39, 0.29) is 56.9 Å². The maximum Gasteiger partial charge on any atom is 0.573 e. The molecule has 2 saturated heterocycles. The fourth-order valence-corrected chi connectivity index (χ4v) is 7.83. The lowest BCUT2D eigenvalue weighted by Gasteiger charge is -2.31. The van der Waals surface area contributed by atoms with Gasteiger partial charge in [0.1, 0.15) is 33.7 Å². The normalized spacial score (nSPS) is 14.9. The number of hydrogen-bond acceptors (Lipinski definition) is 16. The van der Waals surface area contributed by atoms with Crippen LogP contribution in [0.15, 0.2) is 58.4 Å². The monoisotopic (exact) mass is 865 g/mol. The molecule has 63 heavy (non-hydrogen) atoms. The minimum Gasteiger partial charge on any atom is -0.490 e. The highest BCUT2D eigenvalue weighted by molar-refractivity contribution is 5.92. The minimum atomic E-state index is -4.87. The first-order valence-corrected chi connectivity index (χ1v) is 20.0. The summed E-state index contributed by atoms with van der Waals surface area (Å²) in [6.45, 7) is 2.35. The molecule has 2 fully saturated rings. The Hall–Kier alpha value is -7.75. The smallest absolute Gasteiger partial charge is 0.490 e. The number of nitrogens with zero attached hydrogens (tertiary/aromatic N) is 10. The van der Waals surface area contributed by atoms with Crippen LogP contribution in [0.2, 0.25) is 0 Å². The first-order valence-electron chi connectivity index (χ1n) is 20.0. The zero-order chi connectivity index (χ0) is 44.3. The number of halogens is 3. The molecule has 2 aliphatic heterocycles. The Balaban J connectivity index is 1.17. The average molecular weight is 866 g/mol. The van der Waals surface area contributed by atoms with Gasteiger partial charge in [-0.15, -0.1) is 18.3 Å². The predicted molar refractivity (Wildman–Crippen MR) is 223 cm³/mol. The third-order valence-electron chi connectivity index (χ3n) is 11.0. The van der Waals surface area contributed by atoms with Gasteiger partial charge in [0.05, 0.1) is 32.6 Å². The van der Waals surface area contributed by atoms with Crippen molar-refractivity contribution in [2.24, 2.45) is 11.8 Å². The minimum absolute atomic E-state index is 0.0571. The van der Waals surface area contributed by atoms with Crippen LogP contribution in [0.25, 0.3) is 27.5 Å². The number of rotatable bonds is 12. The van der Waals surface area contributed by atoms with Crippen LogP contribution >= 0.6 is 0 Å².